The number of ether oxygens (including phenoxy) is 2. The molecule has 1 aliphatic heterocycles. The normalized spacial score (nSPS) is 19.6. The second kappa shape index (κ2) is 6.30. The SMILES string of the molecule is CC(C)Oc1ccc2c(c1OC(C)C)CC[C@@H]2N1C(=O)C=CC1=O. The van der Waals surface area contributed by atoms with Gasteiger partial charge < -0.3 is 9.47 Å². The third kappa shape index (κ3) is 2.90. The molecule has 0 N–H and O–H groups in total. The van der Waals surface area contributed by atoms with Gasteiger partial charge in [0, 0.05) is 17.7 Å². The van der Waals surface area contributed by atoms with Crippen LogP contribution in [0, 0.1) is 0 Å². The monoisotopic (exact) mass is 329 g/mol. The van der Waals surface area contributed by atoms with Crippen LogP contribution in [0.3, 0.4) is 0 Å². The van der Waals surface area contributed by atoms with E-state index in [1.54, 1.807) is 0 Å². The van der Waals surface area contributed by atoms with E-state index in [9.17, 15) is 9.59 Å². The van der Waals surface area contributed by atoms with Gasteiger partial charge in [0.2, 0.25) is 0 Å². The predicted molar refractivity (Wildman–Crippen MR) is 90.0 cm³/mol. The van der Waals surface area contributed by atoms with Crippen LogP contribution in [-0.2, 0) is 16.0 Å². The summed E-state index contributed by atoms with van der Waals surface area (Å²) in [7, 11) is 0. The average Bonchev–Trinajstić information content (AvgIpc) is 3.04. The summed E-state index contributed by atoms with van der Waals surface area (Å²) in [4.78, 5) is 25.4. The van der Waals surface area contributed by atoms with Crippen molar-refractivity contribution in [1.29, 1.82) is 0 Å². The second-order valence-electron chi connectivity index (χ2n) is 6.73. The number of nitrogens with zero attached hydrogens (tertiary/aromatic N) is 1. The van der Waals surface area contributed by atoms with Crippen molar-refractivity contribution in [3.05, 3.63) is 35.4 Å². The first-order valence-corrected chi connectivity index (χ1v) is 8.42. The standard InChI is InChI=1S/C19H23NO4/c1-11(2)23-16-8-6-13-14(19(16)24-12(3)4)5-7-15(13)20-17(21)9-10-18(20)22/h6,8-12,15H,5,7H2,1-4H3/t15-/m0/s1. The maximum Gasteiger partial charge on any atom is 0.254 e. The Morgan fingerprint density at radius 1 is 1.00 bits per heavy atom. The molecular weight excluding hydrogens is 306 g/mol. The fraction of sp³-hybridized carbons (Fsp3) is 0.474. The van der Waals surface area contributed by atoms with Gasteiger partial charge in [-0.1, -0.05) is 6.07 Å². The van der Waals surface area contributed by atoms with Gasteiger partial charge in [0.25, 0.3) is 11.8 Å². The number of imide groups is 1. The minimum atomic E-state index is -0.244. The van der Waals surface area contributed by atoms with Crippen molar-refractivity contribution in [1.82, 2.24) is 4.90 Å². The Labute approximate surface area is 142 Å². The molecule has 0 spiro atoms. The van der Waals surface area contributed by atoms with Gasteiger partial charge in [0.15, 0.2) is 11.5 Å². The smallest absolute Gasteiger partial charge is 0.254 e. The van der Waals surface area contributed by atoms with Crippen molar-refractivity contribution in [3.63, 3.8) is 0 Å². The lowest BCUT2D eigenvalue weighted by Gasteiger charge is -2.24. The molecule has 128 valence electrons. The maximum absolute atomic E-state index is 12.0. The van der Waals surface area contributed by atoms with E-state index in [0.29, 0.717) is 6.42 Å². The molecule has 0 fully saturated rings. The van der Waals surface area contributed by atoms with Crippen LogP contribution in [0.1, 0.15) is 51.3 Å². The predicted octanol–water partition coefficient (Wildman–Crippen LogP) is 3.17. The highest BCUT2D eigenvalue weighted by molar-refractivity contribution is 6.13. The Hall–Kier alpha value is -2.30. The molecule has 0 aromatic heterocycles. The average molecular weight is 329 g/mol. The number of carbonyl (C=O) groups excluding carboxylic acids is 2. The van der Waals surface area contributed by atoms with E-state index in [1.165, 1.54) is 17.1 Å². The van der Waals surface area contributed by atoms with Gasteiger partial charge in [0.1, 0.15) is 0 Å². The summed E-state index contributed by atoms with van der Waals surface area (Å²) in [6.45, 7) is 7.90. The Kier molecular flexibility index (Phi) is 4.35. The summed E-state index contributed by atoms with van der Waals surface area (Å²) in [5, 5.41) is 0. The van der Waals surface area contributed by atoms with Crippen molar-refractivity contribution in [2.24, 2.45) is 0 Å². The lowest BCUT2D eigenvalue weighted by atomic mass is 10.1. The molecule has 1 heterocycles. The zero-order valence-electron chi connectivity index (χ0n) is 14.5. The van der Waals surface area contributed by atoms with Crippen LogP contribution in [0.2, 0.25) is 0 Å². The molecule has 1 atom stereocenters. The third-order valence-corrected chi connectivity index (χ3v) is 4.16. The Morgan fingerprint density at radius 2 is 1.62 bits per heavy atom. The maximum atomic E-state index is 12.0. The largest absolute Gasteiger partial charge is 0.487 e. The van der Waals surface area contributed by atoms with Crippen LogP contribution in [0.25, 0.3) is 0 Å². The lowest BCUT2D eigenvalue weighted by molar-refractivity contribution is -0.139. The third-order valence-electron chi connectivity index (χ3n) is 4.16. The molecule has 0 unspecified atom stereocenters. The molecule has 0 bridgehead atoms. The molecule has 2 aliphatic rings. The molecule has 1 aromatic carbocycles. The van der Waals surface area contributed by atoms with E-state index in [1.807, 2.05) is 39.8 Å². The number of amides is 2. The van der Waals surface area contributed by atoms with Gasteiger partial charge in [0.05, 0.1) is 18.2 Å². The summed E-state index contributed by atoms with van der Waals surface area (Å²) in [6, 6.07) is 3.61. The number of hydrogen-bond donors (Lipinski definition) is 0. The number of fused-ring (bicyclic) bond motifs is 1. The van der Waals surface area contributed by atoms with Crippen molar-refractivity contribution in [2.45, 2.75) is 58.8 Å². The van der Waals surface area contributed by atoms with E-state index in [4.69, 9.17) is 9.47 Å². The van der Waals surface area contributed by atoms with Crippen molar-refractivity contribution >= 4 is 11.8 Å². The van der Waals surface area contributed by atoms with Crippen LogP contribution >= 0.6 is 0 Å². The zero-order chi connectivity index (χ0) is 17.4. The van der Waals surface area contributed by atoms with E-state index in [0.717, 1.165) is 29.0 Å². The number of carbonyl (C=O) groups is 2. The number of hydrogen-bond acceptors (Lipinski definition) is 4. The van der Waals surface area contributed by atoms with Crippen molar-refractivity contribution in [2.75, 3.05) is 0 Å². The highest BCUT2D eigenvalue weighted by Crippen LogP contribution is 2.45. The summed E-state index contributed by atoms with van der Waals surface area (Å²) in [6.07, 6.45) is 4.20. The summed E-state index contributed by atoms with van der Waals surface area (Å²) in [5.74, 6) is 0.972. The first-order valence-electron chi connectivity index (χ1n) is 8.42. The Morgan fingerprint density at radius 3 is 2.21 bits per heavy atom. The van der Waals surface area contributed by atoms with Crippen LogP contribution < -0.4 is 9.47 Å². The van der Waals surface area contributed by atoms with Gasteiger partial charge >= 0.3 is 0 Å². The molecule has 1 aromatic rings. The summed E-state index contributed by atoms with van der Waals surface area (Å²) >= 11 is 0. The van der Waals surface area contributed by atoms with E-state index in [-0.39, 0.29) is 30.1 Å². The van der Waals surface area contributed by atoms with Crippen LogP contribution in [-0.4, -0.2) is 28.9 Å². The molecule has 0 saturated heterocycles. The van der Waals surface area contributed by atoms with Crippen LogP contribution in [0.15, 0.2) is 24.3 Å². The Balaban J connectivity index is 2.00. The van der Waals surface area contributed by atoms with Gasteiger partial charge in [-0.25, -0.2) is 0 Å². The molecule has 1 aliphatic carbocycles. The van der Waals surface area contributed by atoms with Gasteiger partial charge in [-0.2, -0.15) is 0 Å². The molecule has 0 radical (unpaired) electrons. The first kappa shape index (κ1) is 16.6. The lowest BCUT2D eigenvalue weighted by Crippen LogP contribution is -2.33. The van der Waals surface area contributed by atoms with Gasteiger partial charge in [-0.05, 0) is 52.2 Å². The fourth-order valence-electron chi connectivity index (χ4n) is 3.33. The molecular formula is C19H23NO4. The second-order valence-corrected chi connectivity index (χ2v) is 6.73. The molecule has 5 heteroatoms. The minimum Gasteiger partial charge on any atom is -0.487 e. The summed E-state index contributed by atoms with van der Waals surface area (Å²) in [5.41, 5.74) is 2.02. The molecule has 2 amide bonds. The highest BCUT2D eigenvalue weighted by Gasteiger charge is 2.38. The number of rotatable bonds is 5. The van der Waals surface area contributed by atoms with Gasteiger partial charge in [-0.3, -0.25) is 14.5 Å². The molecule has 0 saturated carbocycles. The highest BCUT2D eigenvalue weighted by atomic mass is 16.5. The zero-order valence-corrected chi connectivity index (χ0v) is 14.5. The quantitative estimate of drug-likeness (QED) is 0.779. The van der Waals surface area contributed by atoms with E-state index >= 15 is 0 Å². The molecule has 24 heavy (non-hydrogen) atoms. The topological polar surface area (TPSA) is 55.8 Å². The first-order chi connectivity index (χ1) is 11.4. The van der Waals surface area contributed by atoms with Crippen LogP contribution in [0.4, 0.5) is 0 Å². The van der Waals surface area contributed by atoms with Crippen molar-refractivity contribution in [3.8, 4) is 11.5 Å². The van der Waals surface area contributed by atoms with Crippen molar-refractivity contribution < 1.29 is 19.1 Å². The van der Waals surface area contributed by atoms with E-state index in [2.05, 4.69) is 0 Å². The van der Waals surface area contributed by atoms with Gasteiger partial charge in [-0.15, -0.1) is 0 Å². The molecule has 3 rings (SSSR count). The van der Waals surface area contributed by atoms with Crippen LogP contribution in [0.5, 0.6) is 11.5 Å². The Bertz CT molecular complexity index is 688. The minimum absolute atomic E-state index is 0.0155. The summed E-state index contributed by atoms with van der Waals surface area (Å²) < 4.78 is 11.9. The molecule has 5 nitrogen and oxygen atoms in total. The van der Waals surface area contributed by atoms with E-state index < -0.39 is 0 Å². The number of benzene rings is 1. The fourth-order valence-corrected chi connectivity index (χ4v) is 3.33.